The van der Waals surface area contributed by atoms with Crippen molar-refractivity contribution >= 4 is 5.91 Å². The molecule has 132 valence electrons. The van der Waals surface area contributed by atoms with E-state index in [1.165, 1.54) is 70.6 Å². The van der Waals surface area contributed by atoms with E-state index in [0.29, 0.717) is 12.5 Å². The topological polar surface area (TPSA) is 69.1 Å². The van der Waals surface area contributed by atoms with Crippen molar-refractivity contribution in [3.8, 4) is 0 Å². The number of primary amides is 1. The Morgan fingerprint density at radius 2 is 1.32 bits per heavy atom. The van der Waals surface area contributed by atoms with Gasteiger partial charge >= 0.3 is 0 Å². The lowest BCUT2D eigenvalue weighted by Crippen LogP contribution is -2.25. The molecule has 1 amide bonds. The van der Waals surface area contributed by atoms with Gasteiger partial charge in [0.25, 0.3) is 0 Å². The second-order valence-electron chi connectivity index (χ2n) is 7.06. The molecular weight excluding hydrogens is 272 g/mol. The van der Waals surface area contributed by atoms with Crippen molar-refractivity contribution in [1.82, 2.24) is 0 Å². The molecule has 1 saturated carbocycles. The highest BCUT2D eigenvalue weighted by molar-refractivity contribution is 5.73. The largest absolute Gasteiger partial charge is 0.370 e. The monoisotopic (exact) mass is 312 g/mol. The predicted molar refractivity (Wildman–Crippen MR) is 96.6 cm³/mol. The number of hydrogen-bond donors (Lipinski definition) is 2. The number of hydrogen-bond acceptors (Lipinski definition) is 2. The standard InChI is InChI=1S/C12H25NO.C7H15N/c1-2-3-4-5-6-7-8-9-10-11-12(13)14;1-6-2-4-7(8)5-3-6/h2-11H2,1H3,(H2,13,14);6-7H,2-5,8H2,1H3. The Bertz CT molecular complexity index is 238. The summed E-state index contributed by atoms with van der Waals surface area (Å²) in [5.74, 6) is 0.780. The van der Waals surface area contributed by atoms with Crippen molar-refractivity contribution < 1.29 is 4.79 Å². The van der Waals surface area contributed by atoms with Crippen LogP contribution in [0.2, 0.25) is 0 Å². The van der Waals surface area contributed by atoms with Crippen LogP contribution in [0.25, 0.3) is 0 Å². The van der Waals surface area contributed by atoms with E-state index in [1.54, 1.807) is 0 Å². The summed E-state index contributed by atoms with van der Waals surface area (Å²) < 4.78 is 0. The van der Waals surface area contributed by atoms with Gasteiger partial charge in [0.2, 0.25) is 5.91 Å². The smallest absolute Gasteiger partial charge is 0.217 e. The van der Waals surface area contributed by atoms with Crippen LogP contribution in [-0.4, -0.2) is 11.9 Å². The summed E-state index contributed by atoms with van der Waals surface area (Å²) in [5.41, 5.74) is 10.7. The maximum absolute atomic E-state index is 10.4. The minimum atomic E-state index is -0.159. The van der Waals surface area contributed by atoms with E-state index in [-0.39, 0.29) is 5.91 Å². The molecule has 1 aliphatic rings. The van der Waals surface area contributed by atoms with Gasteiger partial charge in [-0.1, -0.05) is 65.2 Å². The average molecular weight is 313 g/mol. The van der Waals surface area contributed by atoms with Gasteiger partial charge in [0.1, 0.15) is 0 Å². The molecule has 0 heterocycles. The van der Waals surface area contributed by atoms with E-state index in [9.17, 15) is 4.79 Å². The van der Waals surface area contributed by atoms with Crippen LogP contribution in [0.3, 0.4) is 0 Å². The van der Waals surface area contributed by atoms with Crippen molar-refractivity contribution in [2.45, 2.75) is 110 Å². The molecule has 1 rings (SSSR count). The lowest BCUT2D eigenvalue weighted by Gasteiger charge is -2.22. The number of nitrogens with two attached hydrogens (primary N) is 2. The van der Waals surface area contributed by atoms with Gasteiger partial charge in [-0.3, -0.25) is 4.79 Å². The lowest BCUT2D eigenvalue weighted by atomic mass is 9.88. The van der Waals surface area contributed by atoms with Crippen molar-refractivity contribution in [2.75, 3.05) is 0 Å². The molecule has 1 fully saturated rings. The Labute approximate surface area is 138 Å². The molecule has 0 unspecified atom stereocenters. The normalized spacial score (nSPS) is 21.0. The minimum absolute atomic E-state index is 0.159. The summed E-state index contributed by atoms with van der Waals surface area (Å²) in [6, 6.07) is 0.520. The molecule has 0 aromatic carbocycles. The molecule has 22 heavy (non-hydrogen) atoms. The number of carbonyl (C=O) groups is 1. The second kappa shape index (κ2) is 15.3. The van der Waals surface area contributed by atoms with E-state index in [0.717, 1.165) is 18.8 Å². The average Bonchev–Trinajstić information content (AvgIpc) is 2.49. The summed E-state index contributed by atoms with van der Waals surface area (Å²) in [6.45, 7) is 4.55. The summed E-state index contributed by atoms with van der Waals surface area (Å²) in [7, 11) is 0. The fourth-order valence-electron chi connectivity index (χ4n) is 2.90. The molecule has 4 N–H and O–H groups in total. The van der Waals surface area contributed by atoms with Gasteiger partial charge in [0.15, 0.2) is 0 Å². The van der Waals surface area contributed by atoms with Crippen LogP contribution in [0, 0.1) is 5.92 Å². The van der Waals surface area contributed by atoms with Gasteiger partial charge in [-0.15, -0.1) is 0 Å². The van der Waals surface area contributed by atoms with Crippen LogP contribution in [0.1, 0.15) is 104 Å². The van der Waals surface area contributed by atoms with Crippen LogP contribution >= 0.6 is 0 Å². The van der Waals surface area contributed by atoms with E-state index in [4.69, 9.17) is 11.5 Å². The van der Waals surface area contributed by atoms with Gasteiger partial charge in [-0.2, -0.15) is 0 Å². The van der Waals surface area contributed by atoms with Crippen LogP contribution in [0.5, 0.6) is 0 Å². The third-order valence-corrected chi connectivity index (χ3v) is 4.59. The van der Waals surface area contributed by atoms with E-state index in [1.807, 2.05) is 0 Å². The highest BCUT2D eigenvalue weighted by Crippen LogP contribution is 2.21. The van der Waals surface area contributed by atoms with Gasteiger partial charge in [0, 0.05) is 12.5 Å². The summed E-state index contributed by atoms with van der Waals surface area (Å²) in [5, 5.41) is 0. The molecule has 3 nitrogen and oxygen atoms in total. The van der Waals surface area contributed by atoms with E-state index in [2.05, 4.69) is 13.8 Å². The Morgan fingerprint density at radius 1 is 0.864 bits per heavy atom. The second-order valence-corrected chi connectivity index (χ2v) is 7.06. The summed E-state index contributed by atoms with van der Waals surface area (Å²) >= 11 is 0. The Kier molecular flexibility index (Phi) is 14.9. The summed E-state index contributed by atoms with van der Waals surface area (Å²) in [4.78, 5) is 10.4. The van der Waals surface area contributed by atoms with Gasteiger partial charge < -0.3 is 11.5 Å². The molecular formula is C19H40N2O. The van der Waals surface area contributed by atoms with E-state index < -0.39 is 0 Å². The zero-order valence-electron chi connectivity index (χ0n) is 15.1. The van der Waals surface area contributed by atoms with Gasteiger partial charge in [-0.25, -0.2) is 0 Å². The molecule has 1 aliphatic carbocycles. The molecule has 0 spiro atoms. The highest BCUT2D eigenvalue weighted by Gasteiger charge is 2.13. The first-order chi connectivity index (χ1) is 10.6. The SMILES string of the molecule is CC1CCC(N)CC1.CCCCCCCCCCCC(N)=O. The number of amides is 1. The van der Waals surface area contributed by atoms with Crippen LogP contribution in [0.15, 0.2) is 0 Å². The fourth-order valence-corrected chi connectivity index (χ4v) is 2.90. The first-order valence-corrected chi connectivity index (χ1v) is 9.60. The van der Waals surface area contributed by atoms with Crippen LogP contribution < -0.4 is 11.5 Å². The third-order valence-electron chi connectivity index (χ3n) is 4.59. The molecule has 3 heteroatoms. The Hall–Kier alpha value is -0.570. The maximum atomic E-state index is 10.4. The highest BCUT2D eigenvalue weighted by atomic mass is 16.1. The van der Waals surface area contributed by atoms with Crippen LogP contribution in [0.4, 0.5) is 0 Å². The molecule has 0 aliphatic heterocycles. The zero-order valence-corrected chi connectivity index (χ0v) is 15.1. The quantitative estimate of drug-likeness (QED) is 0.562. The Morgan fingerprint density at radius 3 is 1.73 bits per heavy atom. The fraction of sp³-hybridized carbons (Fsp3) is 0.947. The van der Waals surface area contributed by atoms with Gasteiger partial charge in [-0.05, 0) is 38.0 Å². The number of carbonyl (C=O) groups excluding carboxylic acids is 1. The molecule has 0 saturated heterocycles. The maximum Gasteiger partial charge on any atom is 0.217 e. The van der Waals surface area contributed by atoms with E-state index >= 15 is 0 Å². The molecule has 0 aromatic rings. The van der Waals surface area contributed by atoms with Gasteiger partial charge in [0.05, 0.1) is 0 Å². The third kappa shape index (κ3) is 15.8. The van der Waals surface area contributed by atoms with Crippen LogP contribution in [-0.2, 0) is 4.79 Å². The molecule has 0 aromatic heterocycles. The zero-order chi connectivity index (χ0) is 16.6. The molecule has 0 radical (unpaired) electrons. The molecule has 0 atom stereocenters. The van der Waals surface area contributed by atoms with Crippen molar-refractivity contribution in [3.63, 3.8) is 0 Å². The molecule has 0 bridgehead atoms. The predicted octanol–water partition coefficient (Wildman–Crippen LogP) is 4.92. The first-order valence-electron chi connectivity index (χ1n) is 9.60. The van der Waals surface area contributed by atoms with Crippen molar-refractivity contribution in [2.24, 2.45) is 17.4 Å². The van der Waals surface area contributed by atoms with Crippen molar-refractivity contribution in [1.29, 1.82) is 0 Å². The number of unbranched alkanes of at least 4 members (excludes halogenated alkanes) is 8. The Balaban J connectivity index is 0.000000461. The summed E-state index contributed by atoms with van der Waals surface area (Å²) in [6.07, 6.45) is 17.3. The minimum Gasteiger partial charge on any atom is -0.370 e. The lowest BCUT2D eigenvalue weighted by molar-refractivity contribution is -0.118. The van der Waals surface area contributed by atoms with Crippen molar-refractivity contribution in [3.05, 3.63) is 0 Å². The number of rotatable bonds is 10. The first kappa shape index (κ1) is 21.4.